The molecule has 1 heterocycles. The molecule has 22 heavy (non-hydrogen) atoms. The normalized spacial score (nSPS) is 16.0. The van der Waals surface area contributed by atoms with Gasteiger partial charge in [-0.15, -0.1) is 0 Å². The van der Waals surface area contributed by atoms with Crippen LogP contribution in [-0.4, -0.2) is 31.3 Å². The molecule has 2 aromatic rings. The Morgan fingerprint density at radius 3 is 2.36 bits per heavy atom. The number of benzene rings is 2. The number of para-hydroxylation sites is 1. The summed E-state index contributed by atoms with van der Waals surface area (Å²) in [4.78, 5) is 4.00. The zero-order valence-electron chi connectivity index (χ0n) is 13.5. The number of phenols is 1. The molecule has 0 atom stereocenters. The Bertz CT molecular complexity index is 608. The van der Waals surface area contributed by atoms with Gasteiger partial charge in [0.15, 0.2) is 0 Å². The van der Waals surface area contributed by atoms with Gasteiger partial charge in [0.05, 0.1) is 31.7 Å². The van der Waals surface area contributed by atoms with E-state index in [2.05, 4.69) is 48.2 Å². The van der Waals surface area contributed by atoms with E-state index in [1.807, 2.05) is 13.0 Å². The van der Waals surface area contributed by atoms with Crippen LogP contribution in [0.5, 0.6) is 5.75 Å². The minimum absolute atomic E-state index is 0.454. The molecule has 0 unspecified atom stereocenters. The van der Waals surface area contributed by atoms with Crippen LogP contribution in [0.4, 0.5) is 5.69 Å². The number of piperazine rings is 1. The maximum atomic E-state index is 10.2. The maximum Gasteiger partial charge on any atom is 0.124 e. The van der Waals surface area contributed by atoms with Gasteiger partial charge in [0.25, 0.3) is 0 Å². The molecule has 0 radical (unpaired) electrons. The highest BCUT2D eigenvalue weighted by molar-refractivity contribution is 5.46. The van der Waals surface area contributed by atoms with E-state index in [9.17, 15) is 5.11 Å². The molecule has 1 aliphatic rings. The number of quaternary nitrogens is 1. The average Bonchev–Trinajstić information content (AvgIpc) is 2.52. The highest BCUT2D eigenvalue weighted by Crippen LogP contribution is 2.22. The smallest absolute Gasteiger partial charge is 0.124 e. The molecule has 2 aromatic carbocycles. The van der Waals surface area contributed by atoms with Crippen LogP contribution in [0.1, 0.15) is 16.7 Å². The van der Waals surface area contributed by atoms with Crippen molar-refractivity contribution in [3.05, 3.63) is 59.2 Å². The third kappa shape index (κ3) is 3.25. The number of nitrogens with zero attached hydrogens (tertiary/aromatic N) is 1. The minimum Gasteiger partial charge on any atom is -0.507 e. The molecular formula is C19H25N2O+. The SMILES string of the molecule is Cc1cc(C)c(C[NH+]2CCN(c3ccccc3)CC2)c(O)c1. The predicted molar refractivity (Wildman–Crippen MR) is 90.6 cm³/mol. The number of rotatable bonds is 3. The summed E-state index contributed by atoms with van der Waals surface area (Å²) >= 11 is 0. The van der Waals surface area contributed by atoms with E-state index < -0.39 is 0 Å². The second kappa shape index (κ2) is 6.41. The Kier molecular flexibility index (Phi) is 4.34. The van der Waals surface area contributed by atoms with Gasteiger partial charge in [0.1, 0.15) is 12.3 Å². The number of hydrogen-bond acceptors (Lipinski definition) is 2. The average molecular weight is 297 g/mol. The molecule has 2 N–H and O–H groups in total. The number of anilines is 1. The lowest BCUT2D eigenvalue weighted by molar-refractivity contribution is -0.914. The van der Waals surface area contributed by atoms with E-state index in [-0.39, 0.29) is 0 Å². The number of aryl methyl sites for hydroxylation is 2. The van der Waals surface area contributed by atoms with E-state index in [4.69, 9.17) is 0 Å². The molecule has 116 valence electrons. The third-order valence-electron chi connectivity index (χ3n) is 4.61. The number of nitrogens with one attached hydrogen (secondary N) is 1. The molecule has 0 bridgehead atoms. The summed E-state index contributed by atoms with van der Waals surface area (Å²) in [5, 5.41) is 10.2. The van der Waals surface area contributed by atoms with Crippen LogP contribution in [0.15, 0.2) is 42.5 Å². The van der Waals surface area contributed by atoms with Crippen LogP contribution >= 0.6 is 0 Å². The summed E-state index contributed by atoms with van der Waals surface area (Å²) in [6, 6.07) is 14.7. The molecule has 3 nitrogen and oxygen atoms in total. The monoisotopic (exact) mass is 297 g/mol. The Morgan fingerprint density at radius 2 is 1.73 bits per heavy atom. The van der Waals surface area contributed by atoms with Crippen molar-refractivity contribution in [1.29, 1.82) is 0 Å². The molecular weight excluding hydrogens is 272 g/mol. The van der Waals surface area contributed by atoms with Crippen molar-refractivity contribution in [1.82, 2.24) is 0 Å². The zero-order chi connectivity index (χ0) is 15.5. The first-order valence-electron chi connectivity index (χ1n) is 8.06. The summed E-state index contributed by atoms with van der Waals surface area (Å²) in [7, 11) is 0. The second-order valence-electron chi connectivity index (χ2n) is 6.33. The summed E-state index contributed by atoms with van der Waals surface area (Å²) in [5.41, 5.74) is 4.75. The fraction of sp³-hybridized carbons (Fsp3) is 0.368. The van der Waals surface area contributed by atoms with Crippen molar-refractivity contribution < 1.29 is 10.0 Å². The predicted octanol–water partition coefficient (Wildman–Crippen LogP) is 1.91. The number of phenolic OH excluding ortho intramolecular Hbond substituents is 1. The van der Waals surface area contributed by atoms with Gasteiger partial charge in [-0.1, -0.05) is 24.3 Å². The van der Waals surface area contributed by atoms with Crippen LogP contribution < -0.4 is 9.80 Å². The molecule has 0 amide bonds. The maximum absolute atomic E-state index is 10.2. The fourth-order valence-corrected chi connectivity index (χ4v) is 3.35. The first-order chi connectivity index (χ1) is 10.6. The van der Waals surface area contributed by atoms with Gasteiger partial charge in [-0.2, -0.15) is 0 Å². The summed E-state index contributed by atoms with van der Waals surface area (Å²) in [6.45, 7) is 9.42. The molecule has 3 heteroatoms. The summed E-state index contributed by atoms with van der Waals surface area (Å²) in [6.07, 6.45) is 0. The molecule has 0 aliphatic carbocycles. The Morgan fingerprint density at radius 1 is 1.05 bits per heavy atom. The van der Waals surface area contributed by atoms with E-state index in [0.717, 1.165) is 43.9 Å². The van der Waals surface area contributed by atoms with E-state index in [1.165, 1.54) is 11.3 Å². The van der Waals surface area contributed by atoms with Crippen LogP contribution in [-0.2, 0) is 6.54 Å². The van der Waals surface area contributed by atoms with Crippen LogP contribution in [0.2, 0.25) is 0 Å². The first kappa shape index (κ1) is 14.9. The Balaban J connectivity index is 1.63. The van der Waals surface area contributed by atoms with Crippen LogP contribution in [0.25, 0.3) is 0 Å². The molecule has 3 rings (SSSR count). The number of hydrogen-bond donors (Lipinski definition) is 2. The standard InChI is InChI=1S/C19H24N2O/c1-15-12-16(2)18(19(22)13-15)14-20-8-10-21(11-9-20)17-6-4-3-5-7-17/h3-7,12-13,22H,8-11,14H2,1-2H3/p+1. The van der Waals surface area contributed by atoms with Crippen molar-refractivity contribution in [3.63, 3.8) is 0 Å². The highest BCUT2D eigenvalue weighted by atomic mass is 16.3. The molecule has 1 fully saturated rings. The van der Waals surface area contributed by atoms with Gasteiger partial charge in [0.2, 0.25) is 0 Å². The number of aromatic hydroxyl groups is 1. The Labute approximate surface area is 132 Å². The topological polar surface area (TPSA) is 27.9 Å². The summed E-state index contributed by atoms with van der Waals surface area (Å²) in [5.74, 6) is 0.454. The zero-order valence-corrected chi connectivity index (χ0v) is 13.5. The quantitative estimate of drug-likeness (QED) is 0.906. The fourth-order valence-electron chi connectivity index (χ4n) is 3.35. The van der Waals surface area contributed by atoms with Gasteiger partial charge < -0.3 is 14.9 Å². The van der Waals surface area contributed by atoms with Crippen molar-refractivity contribution in [2.45, 2.75) is 20.4 Å². The van der Waals surface area contributed by atoms with Gasteiger partial charge in [0, 0.05) is 5.69 Å². The third-order valence-corrected chi connectivity index (χ3v) is 4.61. The highest BCUT2D eigenvalue weighted by Gasteiger charge is 2.22. The van der Waals surface area contributed by atoms with E-state index in [0.29, 0.717) is 5.75 Å². The molecule has 0 spiro atoms. The molecule has 1 aliphatic heterocycles. The molecule has 0 aromatic heterocycles. The van der Waals surface area contributed by atoms with Crippen molar-refractivity contribution in [2.24, 2.45) is 0 Å². The Hall–Kier alpha value is -2.00. The largest absolute Gasteiger partial charge is 0.507 e. The van der Waals surface area contributed by atoms with Crippen LogP contribution in [0, 0.1) is 13.8 Å². The minimum atomic E-state index is 0.454. The molecule has 1 saturated heterocycles. The van der Waals surface area contributed by atoms with Crippen molar-refractivity contribution >= 4 is 5.69 Å². The second-order valence-corrected chi connectivity index (χ2v) is 6.33. The van der Waals surface area contributed by atoms with Gasteiger partial charge in [-0.3, -0.25) is 0 Å². The lowest BCUT2D eigenvalue weighted by Crippen LogP contribution is -3.13. The first-order valence-corrected chi connectivity index (χ1v) is 8.06. The van der Waals surface area contributed by atoms with E-state index >= 15 is 0 Å². The van der Waals surface area contributed by atoms with E-state index in [1.54, 1.807) is 4.90 Å². The van der Waals surface area contributed by atoms with Crippen molar-refractivity contribution in [2.75, 3.05) is 31.1 Å². The summed E-state index contributed by atoms with van der Waals surface area (Å²) < 4.78 is 0. The molecule has 0 saturated carbocycles. The van der Waals surface area contributed by atoms with Crippen LogP contribution in [0.3, 0.4) is 0 Å². The van der Waals surface area contributed by atoms with Gasteiger partial charge >= 0.3 is 0 Å². The lowest BCUT2D eigenvalue weighted by Gasteiger charge is -2.34. The van der Waals surface area contributed by atoms with Crippen molar-refractivity contribution in [3.8, 4) is 5.75 Å². The van der Waals surface area contributed by atoms with Gasteiger partial charge in [-0.25, -0.2) is 0 Å². The van der Waals surface area contributed by atoms with Gasteiger partial charge in [-0.05, 0) is 43.2 Å². The lowest BCUT2D eigenvalue weighted by atomic mass is 10.0.